The highest BCUT2D eigenvalue weighted by Gasteiger charge is 2.11. The maximum atomic E-state index is 6.13. The van der Waals surface area contributed by atoms with Crippen LogP contribution in [-0.2, 0) is 6.54 Å². The number of benzene rings is 1. The van der Waals surface area contributed by atoms with E-state index in [2.05, 4.69) is 15.5 Å². The summed E-state index contributed by atoms with van der Waals surface area (Å²) in [4.78, 5) is 0. The van der Waals surface area contributed by atoms with Crippen LogP contribution in [0.1, 0.15) is 11.3 Å². The van der Waals surface area contributed by atoms with E-state index in [1.807, 2.05) is 19.1 Å². The van der Waals surface area contributed by atoms with Gasteiger partial charge < -0.3 is 9.73 Å². The fraction of sp³-hybridized carbons (Fsp3) is 0.133. The lowest BCUT2D eigenvalue weighted by atomic mass is 10.2. The Bertz CT molecular complexity index is 764. The summed E-state index contributed by atoms with van der Waals surface area (Å²) in [7, 11) is 0. The second-order valence-corrected chi connectivity index (χ2v) is 5.50. The molecule has 0 spiro atoms. The predicted molar refractivity (Wildman–Crippen MR) is 84.8 cm³/mol. The summed E-state index contributed by atoms with van der Waals surface area (Å²) in [5.41, 5.74) is 2.63. The maximum Gasteiger partial charge on any atom is 0.152 e. The molecule has 0 radical (unpaired) electrons. The van der Waals surface area contributed by atoms with Crippen molar-refractivity contribution in [1.29, 1.82) is 0 Å². The van der Waals surface area contributed by atoms with Gasteiger partial charge in [0.15, 0.2) is 5.76 Å². The van der Waals surface area contributed by atoms with Gasteiger partial charge in [0.05, 0.1) is 16.9 Å². The fourth-order valence-corrected chi connectivity index (χ4v) is 2.41. The summed E-state index contributed by atoms with van der Waals surface area (Å²) in [6.45, 7) is 2.47. The molecule has 3 rings (SSSR count). The summed E-state index contributed by atoms with van der Waals surface area (Å²) in [5.74, 6) is 1.62. The van der Waals surface area contributed by atoms with Crippen LogP contribution >= 0.6 is 23.2 Å². The molecular weight excluding hydrogens is 309 g/mol. The van der Waals surface area contributed by atoms with E-state index in [1.165, 1.54) is 0 Å². The molecule has 2 N–H and O–H groups in total. The summed E-state index contributed by atoms with van der Waals surface area (Å²) in [6, 6.07) is 9.14. The predicted octanol–water partition coefficient (Wildman–Crippen LogP) is 4.90. The lowest BCUT2D eigenvalue weighted by molar-refractivity contribution is 0.545. The van der Waals surface area contributed by atoms with E-state index >= 15 is 0 Å². The summed E-state index contributed by atoms with van der Waals surface area (Å²) < 4.78 is 5.62. The van der Waals surface area contributed by atoms with Crippen LogP contribution in [0.3, 0.4) is 0 Å². The van der Waals surface area contributed by atoms with Crippen LogP contribution in [0.5, 0.6) is 0 Å². The Balaban J connectivity index is 1.80. The van der Waals surface area contributed by atoms with Crippen LogP contribution in [0.15, 0.2) is 40.9 Å². The van der Waals surface area contributed by atoms with Crippen LogP contribution in [0.2, 0.25) is 10.0 Å². The molecule has 2 aromatic heterocycles. The van der Waals surface area contributed by atoms with Crippen molar-refractivity contribution < 1.29 is 4.42 Å². The number of aryl methyl sites for hydroxylation is 1. The average molecular weight is 322 g/mol. The Hall–Kier alpha value is -1.91. The molecule has 0 aliphatic heterocycles. The zero-order chi connectivity index (χ0) is 14.8. The molecule has 4 nitrogen and oxygen atoms in total. The zero-order valence-corrected chi connectivity index (χ0v) is 12.8. The van der Waals surface area contributed by atoms with Gasteiger partial charge in [0.1, 0.15) is 11.5 Å². The second kappa shape index (κ2) is 5.84. The summed E-state index contributed by atoms with van der Waals surface area (Å²) in [5, 5.41) is 11.5. The number of hydrogen-bond donors (Lipinski definition) is 2. The first-order valence-corrected chi connectivity index (χ1v) is 7.17. The lowest BCUT2D eigenvalue weighted by Gasteiger charge is -2.08. The number of nitrogens with one attached hydrogen (secondary N) is 2. The number of halogens is 2. The number of rotatable bonds is 4. The smallest absolute Gasteiger partial charge is 0.152 e. The lowest BCUT2D eigenvalue weighted by Crippen LogP contribution is -2.00. The quantitative estimate of drug-likeness (QED) is 0.718. The highest BCUT2D eigenvalue weighted by atomic mass is 35.5. The van der Waals surface area contributed by atoms with Crippen molar-refractivity contribution in [2.75, 3.05) is 5.32 Å². The van der Waals surface area contributed by atoms with Crippen LogP contribution in [0, 0.1) is 6.92 Å². The Labute approximate surface area is 132 Å². The summed E-state index contributed by atoms with van der Waals surface area (Å²) in [6.07, 6.45) is 1.76. The number of hydrogen-bond acceptors (Lipinski definition) is 3. The fourth-order valence-electron chi connectivity index (χ4n) is 2.05. The van der Waals surface area contributed by atoms with Gasteiger partial charge in [-0.2, -0.15) is 5.10 Å². The second-order valence-electron chi connectivity index (χ2n) is 4.66. The van der Waals surface area contributed by atoms with Crippen molar-refractivity contribution in [3.05, 3.63) is 57.9 Å². The molecule has 6 heteroatoms. The third kappa shape index (κ3) is 3.06. The van der Waals surface area contributed by atoms with E-state index in [1.54, 1.807) is 24.4 Å². The molecule has 1 aromatic carbocycles. The molecular formula is C15H13Cl2N3O. The molecule has 0 aliphatic rings. The van der Waals surface area contributed by atoms with Crippen molar-refractivity contribution in [2.24, 2.45) is 0 Å². The summed E-state index contributed by atoms with van der Waals surface area (Å²) >= 11 is 12.1. The van der Waals surface area contributed by atoms with Gasteiger partial charge in [0.2, 0.25) is 0 Å². The molecule has 0 aliphatic carbocycles. The van der Waals surface area contributed by atoms with Gasteiger partial charge in [-0.3, -0.25) is 5.10 Å². The number of H-pyrrole nitrogens is 1. The molecule has 0 atom stereocenters. The van der Waals surface area contributed by atoms with Gasteiger partial charge in [-0.25, -0.2) is 0 Å². The molecule has 0 saturated heterocycles. The minimum atomic E-state index is 0.561. The average Bonchev–Trinajstić information content (AvgIpc) is 3.08. The molecule has 108 valence electrons. The maximum absolute atomic E-state index is 6.13. The number of aromatic amines is 1. The Kier molecular flexibility index (Phi) is 3.90. The number of anilines is 1. The van der Waals surface area contributed by atoms with E-state index in [-0.39, 0.29) is 0 Å². The van der Waals surface area contributed by atoms with Gasteiger partial charge in [-0.1, -0.05) is 23.2 Å². The van der Waals surface area contributed by atoms with Crippen molar-refractivity contribution in [3.63, 3.8) is 0 Å². The van der Waals surface area contributed by atoms with Gasteiger partial charge >= 0.3 is 0 Å². The third-order valence-corrected chi connectivity index (χ3v) is 3.67. The molecule has 2 heterocycles. The van der Waals surface area contributed by atoms with Crippen molar-refractivity contribution in [1.82, 2.24) is 10.2 Å². The Morgan fingerprint density at radius 1 is 1.24 bits per heavy atom. The third-order valence-electron chi connectivity index (χ3n) is 3.10. The first-order chi connectivity index (χ1) is 10.1. The van der Waals surface area contributed by atoms with E-state index in [4.69, 9.17) is 27.6 Å². The van der Waals surface area contributed by atoms with Crippen molar-refractivity contribution in [3.8, 4) is 11.5 Å². The first kappa shape index (κ1) is 14.0. The topological polar surface area (TPSA) is 53.9 Å². The van der Waals surface area contributed by atoms with E-state index in [0.717, 1.165) is 28.5 Å². The minimum absolute atomic E-state index is 0.561. The van der Waals surface area contributed by atoms with Crippen molar-refractivity contribution >= 4 is 28.9 Å². The van der Waals surface area contributed by atoms with Crippen LogP contribution in [-0.4, -0.2) is 10.2 Å². The number of furan rings is 1. The largest absolute Gasteiger partial charge is 0.460 e. The standard InChI is InChI=1S/C15H13Cl2N3O/c1-9-2-5-14(21-9)15-10(8-19-20-15)7-18-13-6-11(16)3-4-12(13)17/h2-6,8,18H,7H2,1H3,(H,19,20). The Morgan fingerprint density at radius 2 is 2.10 bits per heavy atom. The minimum Gasteiger partial charge on any atom is -0.460 e. The molecule has 0 unspecified atom stereocenters. The van der Waals surface area contributed by atoms with Crippen molar-refractivity contribution in [2.45, 2.75) is 13.5 Å². The Morgan fingerprint density at radius 3 is 2.86 bits per heavy atom. The molecule has 0 fully saturated rings. The van der Waals surface area contributed by atoms with E-state index in [9.17, 15) is 0 Å². The molecule has 21 heavy (non-hydrogen) atoms. The number of nitrogens with zero attached hydrogens (tertiary/aromatic N) is 1. The molecule has 0 amide bonds. The van der Waals surface area contributed by atoms with Gasteiger partial charge in [-0.05, 0) is 37.3 Å². The van der Waals surface area contributed by atoms with Crippen LogP contribution in [0.4, 0.5) is 5.69 Å². The highest BCUT2D eigenvalue weighted by Crippen LogP contribution is 2.28. The first-order valence-electron chi connectivity index (χ1n) is 6.41. The normalized spacial score (nSPS) is 10.8. The van der Waals surface area contributed by atoms with Crippen LogP contribution in [0.25, 0.3) is 11.5 Å². The van der Waals surface area contributed by atoms with E-state index < -0.39 is 0 Å². The SMILES string of the molecule is Cc1ccc(-c2[nH]ncc2CNc2cc(Cl)ccc2Cl)o1. The molecule has 0 saturated carbocycles. The monoisotopic (exact) mass is 321 g/mol. The zero-order valence-electron chi connectivity index (χ0n) is 11.3. The van der Waals surface area contributed by atoms with Gasteiger partial charge in [-0.15, -0.1) is 0 Å². The van der Waals surface area contributed by atoms with Gasteiger partial charge in [0.25, 0.3) is 0 Å². The molecule has 3 aromatic rings. The van der Waals surface area contributed by atoms with Gasteiger partial charge in [0, 0.05) is 17.1 Å². The molecule has 0 bridgehead atoms. The van der Waals surface area contributed by atoms with Crippen LogP contribution < -0.4 is 5.32 Å². The van der Waals surface area contributed by atoms with E-state index in [0.29, 0.717) is 16.6 Å². The number of aromatic nitrogens is 2. The highest BCUT2D eigenvalue weighted by molar-refractivity contribution is 6.35.